The molecule has 2 heterocycles. The van der Waals surface area contributed by atoms with Gasteiger partial charge < -0.3 is 33.2 Å². The number of esters is 4. The van der Waals surface area contributed by atoms with E-state index in [-0.39, 0.29) is 36.4 Å². The molecule has 2 saturated heterocycles. The minimum Gasteiger partial charge on any atom is -0.494 e. The third kappa shape index (κ3) is 10.7. The first kappa shape index (κ1) is 38.9. The highest BCUT2D eigenvalue weighted by molar-refractivity contribution is 5.92. The fraction of sp³-hybridized carbons (Fsp3) is 0.318. The summed E-state index contributed by atoms with van der Waals surface area (Å²) in [5.41, 5.74) is 3.62. The summed E-state index contributed by atoms with van der Waals surface area (Å²) in [7, 11) is 0. The maximum Gasteiger partial charge on any atom is 0.343 e. The Hall–Kier alpha value is -5.78. The quantitative estimate of drug-likeness (QED) is 0.0377. The maximum atomic E-state index is 13.0. The van der Waals surface area contributed by atoms with Crippen LogP contribution in [0.5, 0.6) is 11.5 Å². The molecule has 4 aromatic carbocycles. The Bertz CT molecular complexity index is 1920. The van der Waals surface area contributed by atoms with Crippen molar-refractivity contribution in [2.24, 2.45) is 5.92 Å². The summed E-state index contributed by atoms with van der Waals surface area (Å²) in [6.07, 6.45) is 2.72. The van der Waals surface area contributed by atoms with Crippen LogP contribution in [0.1, 0.15) is 59.4 Å². The summed E-state index contributed by atoms with van der Waals surface area (Å²) in [4.78, 5) is 50.1. The van der Waals surface area contributed by atoms with Gasteiger partial charge in [0.25, 0.3) is 0 Å². The lowest BCUT2D eigenvalue weighted by Gasteiger charge is -2.17. The molecule has 1 unspecified atom stereocenters. The normalized spacial score (nSPS) is 19.3. The lowest BCUT2D eigenvalue weighted by atomic mass is 10.0. The lowest BCUT2D eigenvalue weighted by molar-refractivity contribution is -0.148. The fourth-order valence-electron chi connectivity index (χ4n) is 5.99. The van der Waals surface area contributed by atoms with Crippen molar-refractivity contribution in [3.8, 4) is 22.6 Å². The SMILES string of the molecule is CCC(C)C(=O)OCCCCOc1ccc(C(=O)Oc2ccc(C(=O)O[C@H]3CO[C@H]4[C@@H]3OC[C@H]4OC(=O)/C=C/c3ccc(-c4ccccc4)cc3)cc2)cc1. The van der Waals surface area contributed by atoms with E-state index in [1.807, 2.05) is 68.4 Å². The van der Waals surface area contributed by atoms with Gasteiger partial charge in [-0.2, -0.15) is 0 Å². The molecule has 0 saturated carbocycles. The molecule has 2 aliphatic rings. The minimum absolute atomic E-state index is 0.0912. The van der Waals surface area contributed by atoms with Gasteiger partial charge in [-0.1, -0.05) is 68.4 Å². The molecular weight excluding hydrogens is 704 g/mol. The largest absolute Gasteiger partial charge is 0.494 e. The van der Waals surface area contributed by atoms with Gasteiger partial charge in [0.15, 0.2) is 12.2 Å². The first-order valence-electron chi connectivity index (χ1n) is 18.5. The summed E-state index contributed by atoms with van der Waals surface area (Å²) in [5.74, 6) is -1.12. The Morgan fingerprint density at radius 3 is 1.93 bits per heavy atom. The van der Waals surface area contributed by atoms with Crippen LogP contribution in [-0.4, -0.2) is 74.7 Å². The smallest absolute Gasteiger partial charge is 0.343 e. The van der Waals surface area contributed by atoms with Gasteiger partial charge in [0.2, 0.25) is 0 Å². The molecule has 5 atom stereocenters. The Balaban J connectivity index is 0.902. The maximum absolute atomic E-state index is 13.0. The molecule has 286 valence electrons. The van der Waals surface area contributed by atoms with Crippen LogP contribution in [0.15, 0.2) is 109 Å². The van der Waals surface area contributed by atoms with Crippen molar-refractivity contribution in [3.05, 3.63) is 126 Å². The summed E-state index contributed by atoms with van der Waals surface area (Å²) >= 11 is 0. The fourth-order valence-corrected chi connectivity index (χ4v) is 5.99. The van der Waals surface area contributed by atoms with Crippen LogP contribution in [0.4, 0.5) is 0 Å². The summed E-state index contributed by atoms with van der Waals surface area (Å²) in [6, 6.07) is 30.5. The van der Waals surface area contributed by atoms with Crippen molar-refractivity contribution < 1.29 is 52.3 Å². The average molecular weight is 749 g/mol. The van der Waals surface area contributed by atoms with Crippen molar-refractivity contribution in [2.75, 3.05) is 26.4 Å². The van der Waals surface area contributed by atoms with Crippen LogP contribution in [0.2, 0.25) is 0 Å². The highest BCUT2D eigenvalue weighted by Crippen LogP contribution is 2.31. The number of unbranched alkanes of at least 4 members (excludes halogenated alkanes) is 1. The molecule has 2 aliphatic heterocycles. The van der Waals surface area contributed by atoms with E-state index in [1.165, 1.54) is 30.3 Å². The van der Waals surface area contributed by atoms with Crippen molar-refractivity contribution in [1.29, 1.82) is 0 Å². The molecule has 6 rings (SSSR count). The molecule has 0 aliphatic carbocycles. The average Bonchev–Trinajstić information content (AvgIpc) is 3.81. The first-order valence-corrected chi connectivity index (χ1v) is 18.5. The molecule has 0 bridgehead atoms. The van der Waals surface area contributed by atoms with E-state index < -0.39 is 42.3 Å². The van der Waals surface area contributed by atoms with Crippen LogP contribution in [0.25, 0.3) is 17.2 Å². The predicted octanol–water partition coefficient (Wildman–Crippen LogP) is 7.27. The van der Waals surface area contributed by atoms with E-state index >= 15 is 0 Å². The highest BCUT2D eigenvalue weighted by Gasteiger charge is 2.51. The van der Waals surface area contributed by atoms with E-state index in [9.17, 15) is 19.2 Å². The second-order valence-electron chi connectivity index (χ2n) is 13.3. The van der Waals surface area contributed by atoms with Crippen LogP contribution in [-0.2, 0) is 33.3 Å². The van der Waals surface area contributed by atoms with Gasteiger partial charge in [-0.25, -0.2) is 14.4 Å². The van der Waals surface area contributed by atoms with Crippen molar-refractivity contribution in [2.45, 2.75) is 57.5 Å². The molecule has 11 nitrogen and oxygen atoms in total. The number of hydrogen-bond acceptors (Lipinski definition) is 11. The van der Waals surface area contributed by atoms with Crippen LogP contribution in [0.3, 0.4) is 0 Å². The molecule has 2 fully saturated rings. The minimum atomic E-state index is -0.691. The summed E-state index contributed by atoms with van der Waals surface area (Å²) < 4.78 is 39.4. The summed E-state index contributed by atoms with van der Waals surface area (Å²) in [6.45, 7) is 4.81. The van der Waals surface area contributed by atoms with E-state index in [1.54, 1.807) is 30.3 Å². The number of fused-ring (bicyclic) bond motifs is 1. The number of carbonyl (C=O) groups is 4. The van der Waals surface area contributed by atoms with Gasteiger partial charge in [-0.15, -0.1) is 0 Å². The molecule has 0 amide bonds. The van der Waals surface area contributed by atoms with Crippen molar-refractivity contribution in [1.82, 2.24) is 0 Å². The molecule has 4 aromatic rings. The van der Waals surface area contributed by atoms with Gasteiger partial charge in [0, 0.05) is 6.08 Å². The third-order valence-corrected chi connectivity index (χ3v) is 9.38. The molecule has 0 aromatic heterocycles. The lowest BCUT2D eigenvalue weighted by Crippen LogP contribution is -2.35. The molecule has 0 spiro atoms. The standard InChI is InChI=1S/C44H44O11/c1-3-29(2)42(46)50-26-8-7-25-49-35-20-16-33(17-21-35)43(47)53-36-22-18-34(19-23-36)44(48)55-38-28-52-40-37(27-51-41(38)40)54-39(45)24-13-30-11-14-32(15-12-30)31-9-5-4-6-10-31/h4-6,9-24,29,37-38,40-41H,3,7-8,25-28H2,1-2H3/b24-13+/t29?,37-,38+,40-,41-/m1/s1. The number of hydrogen-bond donors (Lipinski definition) is 0. The van der Waals surface area contributed by atoms with E-state index in [4.69, 9.17) is 33.2 Å². The van der Waals surface area contributed by atoms with Crippen LogP contribution < -0.4 is 9.47 Å². The van der Waals surface area contributed by atoms with Gasteiger partial charge in [-0.3, -0.25) is 4.79 Å². The topological polar surface area (TPSA) is 133 Å². The van der Waals surface area contributed by atoms with E-state index in [0.717, 1.165) is 23.1 Å². The second-order valence-corrected chi connectivity index (χ2v) is 13.3. The van der Waals surface area contributed by atoms with Crippen LogP contribution >= 0.6 is 0 Å². The number of rotatable bonds is 16. The van der Waals surface area contributed by atoms with Crippen molar-refractivity contribution in [3.63, 3.8) is 0 Å². The van der Waals surface area contributed by atoms with Gasteiger partial charge in [0.05, 0.1) is 43.5 Å². The molecule has 0 radical (unpaired) electrons. The van der Waals surface area contributed by atoms with Crippen LogP contribution in [0, 0.1) is 5.92 Å². The third-order valence-electron chi connectivity index (χ3n) is 9.38. The molecule has 11 heteroatoms. The Labute approximate surface area is 320 Å². The monoisotopic (exact) mass is 748 g/mol. The van der Waals surface area contributed by atoms with Gasteiger partial charge in [-0.05, 0) is 90.6 Å². The number of benzene rings is 4. The van der Waals surface area contributed by atoms with E-state index in [2.05, 4.69) is 0 Å². The zero-order valence-corrected chi connectivity index (χ0v) is 30.8. The van der Waals surface area contributed by atoms with E-state index in [0.29, 0.717) is 37.4 Å². The first-order chi connectivity index (χ1) is 26.8. The van der Waals surface area contributed by atoms with Crippen molar-refractivity contribution >= 4 is 30.0 Å². The van der Waals surface area contributed by atoms with Gasteiger partial charge in [0.1, 0.15) is 23.7 Å². The predicted molar refractivity (Wildman–Crippen MR) is 202 cm³/mol. The number of carbonyl (C=O) groups excluding carboxylic acids is 4. The number of ether oxygens (including phenoxy) is 7. The molecule has 55 heavy (non-hydrogen) atoms. The zero-order valence-electron chi connectivity index (χ0n) is 30.8. The zero-order chi connectivity index (χ0) is 38.6. The Morgan fingerprint density at radius 2 is 1.27 bits per heavy atom. The second kappa shape index (κ2) is 19.0. The molecular formula is C44H44O11. The molecule has 0 N–H and O–H groups in total. The highest BCUT2D eigenvalue weighted by atomic mass is 16.7. The summed E-state index contributed by atoms with van der Waals surface area (Å²) in [5, 5.41) is 0. The Kier molecular flexibility index (Phi) is 13.5. The van der Waals surface area contributed by atoms with Gasteiger partial charge >= 0.3 is 23.9 Å². The Morgan fingerprint density at radius 1 is 0.691 bits per heavy atom.